The van der Waals surface area contributed by atoms with Crippen LogP contribution in [0, 0.1) is 13.8 Å². The summed E-state index contributed by atoms with van der Waals surface area (Å²) in [5.74, 6) is 2.06. The largest absolute Gasteiger partial charge is 0.345 e. The van der Waals surface area contributed by atoms with Gasteiger partial charge in [0, 0.05) is 37.8 Å². The zero-order valence-electron chi connectivity index (χ0n) is 21.3. The molecule has 41 heavy (non-hydrogen) atoms. The quantitative estimate of drug-likeness (QED) is 0.227. The van der Waals surface area contributed by atoms with E-state index < -0.39 is 11.6 Å². The van der Waals surface area contributed by atoms with Gasteiger partial charge in [-0.05, 0) is 82.1 Å². The molecule has 15 heteroatoms. The Balaban J connectivity index is 0.000000157. The Hall–Kier alpha value is -4.34. The summed E-state index contributed by atoms with van der Waals surface area (Å²) in [6.07, 6.45) is 3.86. The molecule has 0 aliphatic heterocycles. The van der Waals surface area contributed by atoms with Crippen molar-refractivity contribution in [2.75, 3.05) is 0 Å². The third kappa shape index (κ3) is 6.21. The van der Waals surface area contributed by atoms with E-state index in [1.807, 2.05) is 71.6 Å². The van der Waals surface area contributed by atoms with E-state index in [9.17, 15) is 0 Å². The topological polar surface area (TPSA) is 158 Å². The first-order valence-electron chi connectivity index (χ1n) is 11.8. The van der Waals surface area contributed by atoms with Gasteiger partial charge in [-0.15, -0.1) is 0 Å². The lowest BCUT2D eigenvalue weighted by molar-refractivity contribution is 0.424. The van der Waals surface area contributed by atoms with Gasteiger partial charge in [-0.2, -0.15) is 18.4 Å². The van der Waals surface area contributed by atoms with E-state index in [1.54, 1.807) is 13.8 Å². The van der Waals surface area contributed by atoms with Crippen LogP contribution in [0.3, 0.4) is 0 Å². The number of fused-ring (bicyclic) bond motifs is 2. The van der Waals surface area contributed by atoms with Gasteiger partial charge in [0.1, 0.15) is 22.7 Å². The normalized spacial score (nSPS) is 10.6. The maximum absolute atomic E-state index is 8.29. The van der Waals surface area contributed by atoms with E-state index in [1.165, 1.54) is 0 Å². The molecular weight excluding hydrogens is 680 g/mol. The monoisotopic (exact) mass is 696 g/mol. The summed E-state index contributed by atoms with van der Waals surface area (Å²) >= 11 is 6.27. The van der Waals surface area contributed by atoms with Crippen molar-refractivity contribution in [1.82, 2.24) is 39.8 Å². The molecule has 7 aromatic rings. The minimum atomic E-state index is -0.750. The number of halogens is 2. The van der Waals surface area contributed by atoms with E-state index >= 15 is 0 Å². The molecule has 0 saturated heterocycles. The summed E-state index contributed by atoms with van der Waals surface area (Å²) in [5.41, 5.74) is 4.01. The van der Waals surface area contributed by atoms with E-state index in [-0.39, 0.29) is 0 Å². The van der Waals surface area contributed by atoms with E-state index in [0.29, 0.717) is 34.8 Å². The molecule has 206 valence electrons. The third-order valence-electron chi connectivity index (χ3n) is 5.62. The molecule has 1 aromatic carbocycles. The van der Waals surface area contributed by atoms with Gasteiger partial charge >= 0.3 is 11.6 Å². The summed E-state index contributed by atoms with van der Waals surface area (Å²) in [7, 11) is 0. The number of hydrogen-bond acceptors (Lipinski definition) is 10. The summed E-state index contributed by atoms with van der Waals surface area (Å²) in [5, 5.41) is 9.61. The number of aromatic amines is 1. The number of pyridine rings is 2. The van der Waals surface area contributed by atoms with Gasteiger partial charge < -0.3 is 18.6 Å². The molecule has 0 radical (unpaired) electrons. The molecular formula is C26H18Br2N8O4S. The summed E-state index contributed by atoms with van der Waals surface area (Å²) in [6.45, 7) is 3.56. The lowest BCUT2D eigenvalue weighted by Crippen LogP contribution is -1.94. The van der Waals surface area contributed by atoms with Crippen LogP contribution in [0.2, 0.25) is 0 Å². The molecule has 1 N–H and O–H groups in total. The van der Waals surface area contributed by atoms with Crippen molar-refractivity contribution < 1.29 is 17.5 Å². The number of nitrogens with one attached hydrogen (secondary N) is 1. The fraction of sp³-hybridized carbons (Fsp3) is 0.0769. The van der Waals surface area contributed by atoms with Crippen LogP contribution in [0.25, 0.3) is 50.9 Å². The third-order valence-corrected chi connectivity index (χ3v) is 6.91. The maximum atomic E-state index is 8.29. The Morgan fingerprint density at radius 3 is 1.93 bits per heavy atom. The van der Waals surface area contributed by atoms with Crippen LogP contribution in [0.4, 0.5) is 0 Å². The molecule has 0 fully saturated rings. The van der Waals surface area contributed by atoms with Crippen molar-refractivity contribution in [1.29, 1.82) is 0 Å². The van der Waals surface area contributed by atoms with E-state index in [0.717, 1.165) is 36.7 Å². The van der Waals surface area contributed by atoms with Crippen molar-refractivity contribution in [2.24, 2.45) is 0 Å². The molecule has 0 aliphatic rings. The average molecular weight is 698 g/mol. The molecule has 6 aromatic heterocycles. The molecule has 0 aliphatic carbocycles. The molecule has 0 spiro atoms. The molecule has 0 bridgehead atoms. The molecule has 12 nitrogen and oxygen atoms in total. The first-order chi connectivity index (χ1) is 19.9. The van der Waals surface area contributed by atoms with Gasteiger partial charge in [0.2, 0.25) is 0 Å². The second-order valence-electron chi connectivity index (χ2n) is 8.34. The van der Waals surface area contributed by atoms with E-state index in [4.69, 9.17) is 22.4 Å². The van der Waals surface area contributed by atoms with Gasteiger partial charge in [-0.25, -0.2) is 9.97 Å². The van der Waals surface area contributed by atoms with Crippen molar-refractivity contribution >= 4 is 65.5 Å². The smallest absolute Gasteiger partial charge is 0.335 e. The van der Waals surface area contributed by atoms with Gasteiger partial charge in [0.05, 0.1) is 0 Å². The van der Waals surface area contributed by atoms with Gasteiger partial charge in [0.15, 0.2) is 11.6 Å². The second kappa shape index (κ2) is 12.4. The standard InChI is InChI=1S/C16H11BrN4O.C10H7BrN4O.O2S/c1-10-18-16(22-20-10)14-8-7-12-13(17)9-21(15(12)19-14)11-5-3-2-4-6-11;1-5-13-10(16-15-5)8-3-2-6-7(11)4-12-9(6)14-8;1-3-2/h2-9H,1H3;2-4H,1H3,(H,12,14);. The highest BCUT2D eigenvalue weighted by Crippen LogP contribution is 2.30. The molecule has 0 saturated carbocycles. The predicted molar refractivity (Wildman–Crippen MR) is 158 cm³/mol. The van der Waals surface area contributed by atoms with Crippen molar-refractivity contribution in [3.8, 4) is 28.9 Å². The zero-order chi connectivity index (χ0) is 28.9. The van der Waals surface area contributed by atoms with Crippen LogP contribution in [0.15, 0.2) is 85.0 Å². The fourth-order valence-corrected chi connectivity index (χ4v) is 4.81. The summed E-state index contributed by atoms with van der Waals surface area (Å²) in [4.78, 5) is 20.5. The zero-order valence-corrected chi connectivity index (χ0v) is 25.3. The number of aryl methyl sites for hydroxylation is 2. The highest BCUT2D eigenvalue weighted by Gasteiger charge is 2.14. The van der Waals surface area contributed by atoms with Crippen molar-refractivity contribution in [3.05, 3.63) is 87.6 Å². The number of para-hydroxylation sites is 1. The Morgan fingerprint density at radius 1 is 0.756 bits per heavy atom. The lowest BCUT2D eigenvalue weighted by Gasteiger charge is -2.04. The van der Waals surface area contributed by atoms with Gasteiger partial charge in [-0.1, -0.05) is 28.5 Å². The fourth-order valence-electron chi connectivity index (χ4n) is 3.86. The number of rotatable bonds is 3. The molecule has 0 unspecified atom stereocenters. The number of nitrogens with zero attached hydrogens (tertiary/aromatic N) is 7. The molecule has 0 amide bonds. The van der Waals surface area contributed by atoms with Crippen molar-refractivity contribution in [3.63, 3.8) is 0 Å². The van der Waals surface area contributed by atoms with Gasteiger partial charge in [-0.3, -0.25) is 0 Å². The summed E-state index contributed by atoms with van der Waals surface area (Å²) in [6, 6.07) is 17.8. The second-order valence-corrected chi connectivity index (χ2v) is 10.2. The Labute approximate surface area is 252 Å². The average Bonchev–Trinajstić information content (AvgIpc) is 3.77. The van der Waals surface area contributed by atoms with Crippen molar-refractivity contribution in [2.45, 2.75) is 13.8 Å². The first kappa shape index (κ1) is 28.2. The van der Waals surface area contributed by atoms with Crippen LogP contribution in [0.5, 0.6) is 0 Å². The van der Waals surface area contributed by atoms with Crippen LogP contribution in [-0.2, 0) is 11.6 Å². The highest BCUT2D eigenvalue weighted by molar-refractivity contribution is 9.11. The maximum Gasteiger partial charge on any atom is 0.335 e. The number of benzene rings is 1. The van der Waals surface area contributed by atoms with Crippen LogP contribution in [-0.4, -0.2) is 48.2 Å². The number of H-pyrrole nitrogens is 1. The Morgan fingerprint density at radius 2 is 1.34 bits per heavy atom. The Kier molecular flexibility index (Phi) is 8.56. The SMILES string of the molecule is Cc1noc(-c2ccc3c(Br)c[nH]c3n2)n1.Cc1noc(-c2ccc3c(Br)cn(-c4ccccc4)c3n2)n1.O=S=O. The van der Waals surface area contributed by atoms with Crippen LogP contribution in [0.1, 0.15) is 11.6 Å². The van der Waals surface area contributed by atoms with E-state index in [2.05, 4.69) is 62.1 Å². The predicted octanol–water partition coefficient (Wildman–Crippen LogP) is 6.16. The Bertz CT molecular complexity index is 2000. The summed E-state index contributed by atoms with van der Waals surface area (Å²) < 4.78 is 30.9. The molecule has 0 atom stereocenters. The van der Waals surface area contributed by atoms with Crippen LogP contribution < -0.4 is 0 Å². The number of aromatic nitrogens is 8. The molecule has 7 rings (SSSR count). The van der Waals surface area contributed by atoms with Crippen LogP contribution >= 0.6 is 31.9 Å². The highest BCUT2D eigenvalue weighted by atomic mass is 79.9. The minimum Gasteiger partial charge on any atom is -0.345 e. The minimum absolute atomic E-state index is 0.427. The number of hydrogen-bond donors (Lipinski definition) is 1. The molecule has 6 heterocycles. The lowest BCUT2D eigenvalue weighted by atomic mass is 10.3. The first-order valence-corrected chi connectivity index (χ1v) is 14.0. The van der Waals surface area contributed by atoms with Gasteiger partial charge in [0.25, 0.3) is 11.8 Å².